The number of hydrogen-bond donors (Lipinski definition) is 1. The maximum atomic E-state index is 9.55. The largest absolute Gasteiger partial charge is 0.490 e. The summed E-state index contributed by atoms with van der Waals surface area (Å²) in [4.78, 5) is 8.07. The molecule has 1 unspecified atom stereocenters. The number of aromatic nitrogens is 1. The van der Waals surface area contributed by atoms with Crippen molar-refractivity contribution in [3.8, 4) is 32.8 Å². The number of rotatable bonds is 8. The minimum absolute atomic E-state index is 0.0285. The second kappa shape index (κ2) is 9.83. The first-order valence-corrected chi connectivity index (χ1v) is 11.9. The van der Waals surface area contributed by atoms with E-state index in [0.29, 0.717) is 17.4 Å². The van der Waals surface area contributed by atoms with Crippen LogP contribution in [0.25, 0.3) is 21.0 Å². The second-order valence-electron chi connectivity index (χ2n) is 8.74. The average Bonchev–Trinajstić information content (AvgIpc) is 3.41. The van der Waals surface area contributed by atoms with Gasteiger partial charge in [-0.3, -0.25) is 0 Å². The van der Waals surface area contributed by atoms with Crippen molar-refractivity contribution in [1.82, 2.24) is 15.2 Å². The summed E-state index contributed by atoms with van der Waals surface area (Å²) in [7, 11) is 4.21. The molecule has 2 aromatic carbocycles. The van der Waals surface area contributed by atoms with Crippen molar-refractivity contribution in [1.29, 1.82) is 5.26 Å². The Morgan fingerprint density at radius 3 is 2.88 bits per heavy atom. The summed E-state index contributed by atoms with van der Waals surface area (Å²) >= 11 is 1.68. The number of hydrogen-bond acceptors (Lipinski definition) is 6. The van der Waals surface area contributed by atoms with E-state index in [1.165, 1.54) is 21.6 Å². The van der Waals surface area contributed by atoms with Gasteiger partial charge in [-0.15, -0.1) is 11.3 Å². The van der Waals surface area contributed by atoms with Gasteiger partial charge in [0, 0.05) is 30.9 Å². The molecule has 1 heterocycles. The van der Waals surface area contributed by atoms with E-state index in [1.54, 1.807) is 11.3 Å². The van der Waals surface area contributed by atoms with Crippen LogP contribution in [0.5, 0.6) is 5.75 Å². The minimum atomic E-state index is 0.0285. The van der Waals surface area contributed by atoms with Gasteiger partial charge in [0.05, 0.1) is 16.5 Å². The molecule has 0 amide bonds. The Morgan fingerprint density at radius 2 is 2.12 bits per heavy atom. The summed E-state index contributed by atoms with van der Waals surface area (Å²) in [6, 6.07) is 15.0. The number of thiazole rings is 1. The first kappa shape index (κ1) is 22.5. The Hall–Kier alpha value is -2.72. The van der Waals surface area contributed by atoms with Crippen LogP contribution in [-0.2, 0) is 6.42 Å². The molecule has 0 spiro atoms. The van der Waals surface area contributed by atoms with Crippen LogP contribution in [0.4, 0.5) is 0 Å². The summed E-state index contributed by atoms with van der Waals surface area (Å²) in [6.45, 7) is 5.95. The van der Waals surface area contributed by atoms with E-state index in [2.05, 4.69) is 53.6 Å². The van der Waals surface area contributed by atoms with Crippen molar-refractivity contribution in [2.45, 2.75) is 38.8 Å². The molecule has 5 nitrogen and oxygen atoms in total. The predicted octanol–water partition coefficient (Wildman–Crippen LogP) is 5.27. The lowest BCUT2D eigenvalue weighted by molar-refractivity contribution is 0.242. The van der Waals surface area contributed by atoms with Crippen molar-refractivity contribution in [3.05, 3.63) is 59.3 Å². The lowest BCUT2D eigenvalue weighted by Gasteiger charge is -2.16. The minimum Gasteiger partial charge on any atom is -0.490 e. The fraction of sp³-hybridized carbons (Fsp3) is 0.385. The zero-order chi connectivity index (χ0) is 22.7. The molecule has 0 aliphatic heterocycles. The Balaban J connectivity index is 1.58. The topological polar surface area (TPSA) is 61.2 Å². The molecule has 1 N–H and O–H groups in total. The smallest absolute Gasteiger partial charge is 0.137 e. The normalized spacial score (nSPS) is 15.2. The Kier molecular flexibility index (Phi) is 6.90. The number of fused-ring (bicyclic) bond motifs is 1. The van der Waals surface area contributed by atoms with Gasteiger partial charge in [0.2, 0.25) is 0 Å². The molecule has 0 saturated carbocycles. The van der Waals surface area contributed by atoms with Crippen LogP contribution in [0.3, 0.4) is 0 Å². The van der Waals surface area contributed by atoms with E-state index in [4.69, 9.17) is 4.74 Å². The van der Waals surface area contributed by atoms with Gasteiger partial charge >= 0.3 is 0 Å². The molecule has 1 atom stereocenters. The van der Waals surface area contributed by atoms with Gasteiger partial charge < -0.3 is 15.0 Å². The summed E-state index contributed by atoms with van der Waals surface area (Å²) in [5.74, 6) is 0.622. The third kappa shape index (κ3) is 4.86. The molecule has 1 aliphatic rings. The van der Waals surface area contributed by atoms with Gasteiger partial charge in [-0.1, -0.05) is 18.2 Å². The summed E-state index contributed by atoms with van der Waals surface area (Å²) in [5.41, 5.74) is 5.62. The van der Waals surface area contributed by atoms with Gasteiger partial charge in [0.25, 0.3) is 0 Å². The Bertz CT molecular complexity index is 1130. The predicted molar refractivity (Wildman–Crippen MR) is 131 cm³/mol. The molecule has 6 heteroatoms. The summed E-state index contributed by atoms with van der Waals surface area (Å²) in [6.07, 6.45) is 4.21. The van der Waals surface area contributed by atoms with Crippen LogP contribution < -0.4 is 10.1 Å². The highest BCUT2D eigenvalue weighted by molar-refractivity contribution is 7.18. The van der Waals surface area contributed by atoms with E-state index in [1.807, 2.05) is 38.2 Å². The van der Waals surface area contributed by atoms with Gasteiger partial charge in [-0.05, 0) is 75.7 Å². The number of ether oxygens (including phenoxy) is 1. The molecule has 1 aromatic heterocycles. The Labute approximate surface area is 194 Å². The molecule has 166 valence electrons. The third-order valence-corrected chi connectivity index (χ3v) is 6.78. The highest BCUT2D eigenvalue weighted by atomic mass is 32.1. The lowest BCUT2D eigenvalue weighted by atomic mass is 10.0. The molecule has 0 radical (unpaired) electrons. The highest BCUT2D eigenvalue weighted by Gasteiger charge is 2.25. The van der Waals surface area contributed by atoms with Gasteiger partial charge in [-0.2, -0.15) is 5.26 Å². The molecule has 32 heavy (non-hydrogen) atoms. The van der Waals surface area contributed by atoms with Crippen molar-refractivity contribution in [2.24, 2.45) is 0 Å². The van der Waals surface area contributed by atoms with Crippen molar-refractivity contribution in [2.75, 3.05) is 27.2 Å². The molecule has 0 bridgehead atoms. The fourth-order valence-corrected chi connectivity index (χ4v) is 5.16. The third-order valence-electron chi connectivity index (χ3n) is 5.70. The van der Waals surface area contributed by atoms with Crippen LogP contribution >= 0.6 is 11.3 Å². The van der Waals surface area contributed by atoms with E-state index in [0.717, 1.165) is 36.5 Å². The van der Waals surface area contributed by atoms with Gasteiger partial charge in [0.1, 0.15) is 16.8 Å². The number of nitrogens with zero attached hydrogens (tertiary/aromatic N) is 3. The van der Waals surface area contributed by atoms with E-state index in [-0.39, 0.29) is 6.10 Å². The summed E-state index contributed by atoms with van der Waals surface area (Å²) in [5, 5.41) is 14.2. The lowest BCUT2D eigenvalue weighted by Crippen LogP contribution is -2.28. The highest BCUT2D eigenvalue weighted by Crippen LogP contribution is 2.41. The zero-order valence-electron chi connectivity index (χ0n) is 19.2. The molecule has 4 rings (SSSR count). The fourth-order valence-electron chi connectivity index (χ4n) is 4.20. The van der Waals surface area contributed by atoms with Crippen molar-refractivity contribution < 1.29 is 4.74 Å². The van der Waals surface area contributed by atoms with E-state index >= 15 is 0 Å². The first-order chi connectivity index (χ1) is 15.5. The van der Waals surface area contributed by atoms with Crippen LogP contribution in [0.1, 0.15) is 43.0 Å². The average molecular weight is 447 g/mol. The quantitative estimate of drug-likeness (QED) is 0.510. The number of nitriles is 1. The molecular weight excluding hydrogens is 416 g/mol. The summed E-state index contributed by atoms with van der Waals surface area (Å²) < 4.78 is 5.75. The van der Waals surface area contributed by atoms with Crippen LogP contribution in [0, 0.1) is 11.3 Å². The first-order valence-electron chi connectivity index (χ1n) is 11.1. The van der Waals surface area contributed by atoms with E-state index in [9.17, 15) is 5.26 Å². The standard InChI is InChI=1S/C26H30N4OS/c1-17(2)31-24-11-8-18(14-19(24)15-27)26-29-16-25(32-26)22-7-5-6-21-20(22)9-10-23(21)28-12-13-30(3)4/h5-8,11,14,16-17,23,28H,9-10,12-13H2,1-4H3. The molecular formula is C26H30N4OS. The maximum Gasteiger partial charge on any atom is 0.137 e. The molecule has 0 saturated heterocycles. The van der Waals surface area contributed by atoms with E-state index < -0.39 is 0 Å². The molecule has 1 aliphatic carbocycles. The Morgan fingerprint density at radius 1 is 1.28 bits per heavy atom. The molecule has 3 aromatic rings. The zero-order valence-corrected chi connectivity index (χ0v) is 20.0. The van der Waals surface area contributed by atoms with Gasteiger partial charge in [0.15, 0.2) is 0 Å². The number of likely N-dealkylation sites (N-methyl/N-ethyl adjacent to an activating group) is 1. The van der Waals surface area contributed by atoms with Gasteiger partial charge in [-0.25, -0.2) is 4.98 Å². The number of benzene rings is 2. The van der Waals surface area contributed by atoms with Crippen LogP contribution in [0.2, 0.25) is 0 Å². The SMILES string of the molecule is CC(C)Oc1ccc(-c2ncc(-c3cccc4c3CCC4NCCN(C)C)s2)cc1C#N. The second-order valence-corrected chi connectivity index (χ2v) is 9.77. The maximum absolute atomic E-state index is 9.55. The van der Waals surface area contributed by atoms with Crippen LogP contribution in [-0.4, -0.2) is 43.2 Å². The monoisotopic (exact) mass is 446 g/mol. The number of nitrogens with one attached hydrogen (secondary N) is 1. The molecule has 0 fully saturated rings. The van der Waals surface area contributed by atoms with Crippen LogP contribution in [0.15, 0.2) is 42.6 Å². The van der Waals surface area contributed by atoms with Crippen molar-refractivity contribution in [3.63, 3.8) is 0 Å². The van der Waals surface area contributed by atoms with Crippen molar-refractivity contribution >= 4 is 11.3 Å².